The molecule has 1 aromatic heterocycles. The van der Waals surface area contributed by atoms with Crippen LogP contribution in [0, 0.1) is 0 Å². The first-order chi connectivity index (χ1) is 9.68. The molecule has 2 heterocycles. The minimum absolute atomic E-state index is 0.117. The van der Waals surface area contributed by atoms with Crippen LogP contribution in [0.2, 0.25) is 0 Å². The Morgan fingerprint density at radius 2 is 2.05 bits per heavy atom. The first kappa shape index (κ1) is 13.3. The van der Waals surface area contributed by atoms with Crippen molar-refractivity contribution in [2.45, 2.75) is 11.1 Å². The number of ether oxygens (including phenoxy) is 1. The van der Waals surface area contributed by atoms with Gasteiger partial charge in [-0.05, 0) is 11.6 Å². The first-order valence-electron chi connectivity index (χ1n) is 6.34. The van der Waals surface area contributed by atoms with Crippen LogP contribution >= 0.6 is 0 Å². The van der Waals surface area contributed by atoms with E-state index in [2.05, 4.69) is 10.2 Å². The number of morpholine rings is 1. The summed E-state index contributed by atoms with van der Waals surface area (Å²) in [6, 6.07) is 11.1. The monoisotopic (exact) mass is 293 g/mol. The zero-order valence-corrected chi connectivity index (χ0v) is 11.6. The number of H-pyrrole nitrogens is 1. The second-order valence-electron chi connectivity index (χ2n) is 4.55. The fourth-order valence-corrected chi connectivity index (χ4v) is 3.56. The van der Waals surface area contributed by atoms with Gasteiger partial charge in [0.15, 0.2) is 5.03 Å². The molecule has 106 valence electrons. The number of nitrogens with zero attached hydrogens (tertiary/aromatic N) is 2. The summed E-state index contributed by atoms with van der Waals surface area (Å²) in [5.74, 6) is 0. The van der Waals surface area contributed by atoms with Gasteiger partial charge in [-0.1, -0.05) is 30.3 Å². The van der Waals surface area contributed by atoms with Crippen molar-refractivity contribution >= 4 is 10.0 Å². The standard InChI is InChI=1S/C13H15N3O3S/c17-20(18,13-6-7-14-15-13)16-8-9-19-12(10-16)11-4-2-1-3-5-11/h1-7,12H,8-10H2,(H,14,15). The molecule has 2 aromatic rings. The topological polar surface area (TPSA) is 75.3 Å². The van der Waals surface area contributed by atoms with E-state index in [1.165, 1.54) is 16.6 Å². The molecule has 1 saturated heterocycles. The lowest BCUT2D eigenvalue weighted by atomic mass is 10.1. The van der Waals surface area contributed by atoms with Crippen molar-refractivity contribution in [3.63, 3.8) is 0 Å². The smallest absolute Gasteiger partial charge is 0.260 e. The van der Waals surface area contributed by atoms with E-state index < -0.39 is 10.0 Å². The number of sulfonamides is 1. The summed E-state index contributed by atoms with van der Waals surface area (Å²) in [5, 5.41) is 6.32. The molecule has 0 saturated carbocycles. The average molecular weight is 293 g/mol. The van der Waals surface area contributed by atoms with Crippen molar-refractivity contribution in [2.24, 2.45) is 0 Å². The number of benzene rings is 1. The molecule has 0 bridgehead atoms. The summed E-state index contributed by atoms with van der Waals surface area (Å²) >= 11 is 0. The second kappa shape index (κ2) is 5.35. The lowest BCUT2D eigenvalue weighted by Crippen LogP contribution is -2.42. The molecule has 0 spiro atoms. The van der Waals surface area contributed by atoms with E-state index in [-0.39, 0.29) is 11.1 Å². The van der Waals surface area contributed by atoms with Crippen molar-refractivity contribution in [1.29, 1.82) is 0 Å². The lowest BCUT2D eigenvalue weighted by Gasteiger charge is -2.31. The van der Waals surface area contributed by atoms with Gasteiger partial charge in [0.05, 0.1) is 18.9 Å². The molecular weight excluding hydrogens is 278 g/mol. The Kier molecular flexibility index (Phi) is 3.56. The number of hydrogen-bond donors (Lipinski definition) is 1. The Balaban J connectivity index is 1.83. The number of aromatic amines is 1. The highest BCUT2D eigenvalue weighted by Gasteiger charge is 2.32. The van der Waals surface area contributed by atoms with Gasteiger partial charge in [-0.25, -0.2) is 8.42 Å². The Bertz CT molecular complexity index is 655. The summed E-state index contributed by atoms with van der Waals surface area (Å²) < 4.78 is 32.0. The van der Waals surface area contributed by atoms with E-state index in [0.717, 1.165) is 5.56 Å². The Hall–Kier alpha value is -1.70. The Labute approximate surface area is 117 Å². The van der Waals surface area contributed by atoms with Gasteiger partial charge >= 0.3 is 0 Å². The number of aromatic nitrogens is 2. The number of hydrogen-bond acceptors (Lipinski definition) is 4. The van der Waals surface area contributed by atoms with E-state index in [0.29, 0.717) is 19.7 Å². The van der Waals surface area contributed by atoms with Gasteiger partial charge in [-0.2, -0.15) is 9.40 Å². The van der Waals surface area contributed by atoms with Crippen molar-refractivity contribution in [1.82, 2.24) is 14.5 Å². The van der Waals surface area contributed by atoms with Crippen LogP contribution in [0.5, 0.6) is 0 Å². The van der Waals surface area contributed by atoms with Crippen LogP contribution in [0.1, 0.15) is 11.7 Å². The highest BCUT2D eigenvalue weighted by atomic mass is 32.2. The molecule has 20 heavy (non-hydrogen) atoms. The lowest BCUT2D eigenvalue weighted by molar-refractivity contribution is -0.00262. The van der Waals surface area contributed by atoms with Crippen LogP contribution < -0.4 is 0 Å². The van der Waals surface area contributed by atoms with Crippen molar-refractivity contribution in [3.05, 3.63) is 48.2 Å². The maximum Gasteiger partial charge on any atom is 0.260 e. The van der Waals surface area contributed by atoms with Crippen LogP contribution in [0.25, 0.3) is 0 Å². The summed E-state index contributed by atoms with van der Waals surface area (Å²) in [6.07, 6.45) is 1.20. The van der Waals surface area contributed by atoms with Gasteiger partial charge in [-0.15, -0.1) is 0 Å². The fourth-order valence-electron chi connectivity index (χ4n) is 2.24. The minimum Gasteiger partial charge on any atom is -0.371 e. The predicted molar refractivity (Wildman–Crippen MR) is 72.5 cm³/mol. The van der Waals surface area contributed by atoms with Crippen molar-refractivity contribution in [3.8, 4) is 0 Å². The van der Waals surface area contributed by atoms with Crippen LogP contribution in [0.4, 0.5) is 0 Å². The molecule has 1 aliphatic rings. The Morgan fingerprint density at radius 1 is 1.25 bits per heavy atom. The zero-order chi connectivity index (χ0) is 14.0. The quantitative estimate of drug-likeness (QED) is 0.922. The Morgan fingerprint density at radius 3 is 2.75 bits per heavy atom. The molecule has 6 nitrogen and oxygen atoms in total. The SMILES string of the molecule is O=S(=O)(c1ccn[nH]1)N1CCOC(c2ccccc2)C1. The molecule has 1 fully saturated rings. The van der Waals surface area contributed by atoms with E-state index >= 15 is 0 Å². The number of rotatable bonds is 3. The molecule has 1 unspecified atom stereocenters. The van der Waals surface area contributed by atoms with Gasteiger partial charge in [0.1, 0.15) is 0 Å². The highest BCUT2D eigenvalue weighted by molar-refractivity contribution is 7.89. The third-order valence-electron chi connectivity index (χ3n) is 3.29. The molecule has 0 aliphatic carbocycles. The molecule has 3 rings (SSSR count). The molecule has 1 atom stereocenters. The van der Waals surface area contributed by atoms with Gasteiger partial charge < -0.3 is 4.74 Å². The largest absolute Gasteiger partial charge is 0.371 e. The number of nitrogens with one attached hydrogen (secondary N) is 1. The molecule has 7 heteroatoms. The van der Waals surface area contributed by atoms with Crippen molar-refractivity contribution in [2.75, 3.05) is 19.7 Å². The van der Waals surface area contributed by atoms with E-state index in [9.17, 15) is 8.42 Å². The maximum atomic E-state index is 12.4. The third-order valence-corrected chi connectivity index (χ3v) is 5.09. The maximum absolute atomic E-state index is 12.4. The van der Waals surface area contributed by atoms with E-state index in [4.69, 9.17) is 4.74 Å². The van der Waals surface area contributed by atoms with Gasteiger partial charge in [0.2, 0.25) is 0 Å². The molecule has 1 aromatic carbocycles. The predicted octanol–water partition coefficient (Wildman–Crippen LogP) is 1.17. The second-order valence-corrected chi connectivity index (χ2v) is 6.46. The highest BCUT2D eigenvalue weighted by Crippen LogP contribution is 2.25. The van der Waals surface area contributed by atoms with Crippen LogP contribution in [0.15, 0.2) is 47.6 Å². The van der Waals surface area contributed by atoms with Crippen LogP contribution in [0.3, 0.4) is 0 Å². The summed E-state index contributed by atoms with van der Waals surface area (Å²) in [7, 11) is -3.52. The minimum atomic E-state index is -3.52. The zero-order valence-electron chi connectivity index (χ0n) is 10.8. The van der Waals surface area contributed by atoms with E-state index in [1.807, 2.05) is 30.3 Å². The summed E-state index contributed by atoms with van der Waals surface area (Å²) in [4.78, 5) is 0. The van der Waals surface area contributed by atoms with Gasteiger partial charge in [-0.3, -0.25) is 5.10 Å². The molecule has 1 aliphatic heterocycles. The average Bonchev–Trinajstić information content (AvgIpc) is 3.03. The van der Waals surface area contributed by atoms with Crippen molar-refractivity contribution < 1.29 is 13.2 Å². The van der Waals surface area contributed by atoms with Crippen LogP contribution in [-0.2, 0) is 14.8 Å². The normalized spacial score (nSPS) is 20.9. The molecule has 0 amide bonds. The fraction of sp³-hybridized carbons (Fsp3) is 0.308. The summed E-state index contributed by atoms with van der Waals surface area (Å²) in [5.41, 5.74) is 0.983. The molecule has 0 radical (unpaired) electrons. The van der Waals surface area contributed by atoms with Gasteiger partial charge in [0, 0.05) is 13.1 Å². The molecule has 1 N–H and O–H groups in total. The summed E-state index contributed by atoms with van der Waals surface area (Å²) in [6.45, 7) is 1.04. The molecular formula is C13H15N3O3S. The van der Waals surface area contributed by atoms with Gasteiger partial charge in [0.25, 0.3) is 10.0 Å². The van der Waals surface area contributed by atoms with E-state index in [1.54, 1.807) is 0 Å². The first-order valence-corrected chi connectivity index (χ1v) is 7.78. The van der Waals surface area contributed by atoms with Crippen LogP contribution in [-0.4, -0.2) is 42.6 Å². The third kappa shape index (κ3) is 2.47.